The molecule has 1 saturated heterocycles. The number of rotatable bonds is 4. The van der Waals surface area contributed by atoms with Crippen molar-refractivity contribution in [2.75, 3.05) is 18.4 Å². The second-order valence-corrected chi connectivity index (χ2v) is 8.69. The number of carbonyl (C=O) groups excluding carboxylic acids is 1. The van der Waals surface area contributed by atoms with E-state index in [1.165, 1.54) is 11.8 Å². The van der Waals surface area contributed by atoms with Gasteiger partial charge in [-0.3, -0.25) is 4.79 Å². The van der Waals surface area contributed by atoms with E-state index in [2.05, 4.69) is 36.6 Å². The fourth-order valence-electron chi connectivity index (χ4n) is 3.88. The summed E-state index contributed by atoms with van der Waals surface area (Å²) in [6.45, 7) is 4.01. The lowest BCUT2D eigenvalue weighted by Crippen LogP contribution is -2.26. The van der Waals surface area contributed by atoms with Gasteiger partial charge in [-0.2, -0.15) is 10.2 Å². The lowest BCUT2D eigenvalue weighted by Gasteiger charge is -2.20. The first-order chi connectivity index (χ1) is 15.1. The monoisotopic (exact) mass is 479 g/mol. The van der Waals surface area contributed by atoms with Crippen LogP contribution in [0.5, 0.6) is 0 Å². The van der Waals surface area contributed by atoms with E-state index in [0.29, 0.717) is 22.9 Å². The summed E-state index contributed by atoms with van der Waals surface area (Å²) in [5, 5.41) is 15.5. The molecule has 0 aliphatic carbocycles. The minimum Gasteiger partial charge on any atom is -0.317 e. The van der Waals surface area contributed by atoms with E-state index in [4.69, 9.17) is 5.10 Å². The molecule has 4 heterocycles. The Labute approximate surface area is 187 Å². The number of anilines is 1. The van der Waals surface area contributed by atoms with Gasteiger partial charge in [0.15, 0.2) is 5.65 Å². The van der Waals surface area contributed by atoms with Crippen molar-refractivity contribution in [3.05, 3.63) is 70.2 Å². The molecule has 4 aromatic rings. The highest BCUT2D eigenvalue weighted by molar-refractivity contribution is 9.10. The predicted octanol–water partition coefficient (Wildman–Crippen LogP) is 3.71. The van der Waals surface area contributed by atoms with Gasteiger partial charge in [-0.1, -0.05) is 17.7 Å². The molecule has 8 nitrogen and oxygen atoms in total. The Morgan fingerprint density at radius 2 is 1.97 bits per heavy atom. The highest BCUT2D eigenvalue weighted by atomic mass is 79.9. The molecule has 0 saturated carbocycles. The molecule has 1 fully saturated rings. The Balaban J connectivity index is 1.51. The van der Waals surface area contributed by atoms with Crippen LogP contribution in [0.1, 0.15) is 40.4 Å². The Bertz CT molecular complexity index is 1240. The molecule has 1 aliphatic heterocycles. The summed E-state index contributed by atoms with van der Waals surface area (Å²) in [6.07, 6.45) is 7.02. The molecule has 0 atom stereocenters. The average Bonchev–Trinajstić information content (AvgIpc) is 3.39. The van der Waals surface area contributed by atoms with Crippen LogP contribution in [0.2, 0.25) is 0 Å². The number of aromatic nitrogens is 5. The fourth-order valence-corrected chi connectivity index (χ4v) is 4.18. The standard InChI is InChI=1S/C22H22BrN7O/c1-14-2-4-17(5-3-14)30-20(10-19(28-30)15-6-8-24-9-7-15)27-22(31)18-12-26-29-13-16(23)11-25-21(18)29/h2-5,10-13,15,24H,6-9H2,1H3,(H,27,31). The van der Waals surface area contributed by atoms with Gasteiger partial charge in [0.2, 0.25) is 0 Å². The number of carbonyl (C=O) groups is 1. The number of halogens is 1. The number of aryl methyl sites for hydroxylation is 1. The molecule has 0 radical (unpaired) electrons. The first-order valence-electron chi connectivity index (χ1n) is 10.3. The van der Waals surface area contributed by atoms with Crippen LogP contribution in [0.4, 0.5) is 5.82 Å². The number of piperidine rings is 1. The number of hydrogen-bond donors (Lipinski definition) is 2. The maximum Gasteiger partial charge on any atom is 0.262 e. The summed E-state index contributed by atoms with van der Waals surface area (Å²) in [7, 11) is 0. The summed E-state index contributed by atoms with van der Waals surface area (Å²) in [6, 6.07) is 10.1. The van der Waals surface area contributed by atoms with Gasteiger partial charge in [0.05, 0.1) is 22.1 Å². The normalized spacial score (nSPS) is 14.8. The molecule has 0 spiro atoms. The van der Waals surface area contributed by atoms with E-state index in [0.717, 1.165) is 41.8 Å². The zero-order valence-corrected chi connectivity index (χ0v) is 18.6. The van der Waals surface area contributed by atoms with Crippen molar-refractivity contribution < 1.29 is 4.79 Å². The third-order valence-corrected chi connectivity index (χ3v) is 5.98. The smallest absolute Gasteiger partial charge is 0.262 e. The van der Waals surface area contributed by atoms with Gasteiger partial charge in [-0.05, 0) is 60.9 Å². The molecule has 9 heteroatoms. The largest absolute Gasteiger partial charge is 0.317 e. The molecular formula is C22H22BrN7O. The number of benzene rings is 1. The van der Waals surface area contributed by atoms with Gasteiger partial charge >= 0.3 is 0 Å². The first kappa shape index (κ1) is 19.9. The fraction of sp³-hybridized carbons (Fsp3) is 0.273. The van der Waals surface area contributed by atoms with Crippen molar-refractivity contribution in [2.45, 2.75) is 25.7 Å². The van der Waals surface area contributed by atoms with Crippen molar-refractivity contribution in [3.8, 4) is 5.69 Å². The van der Waals surface area contributed by atoms with Gasteiger partial charge in [0.1, 0.15) is 11.4 Å². The minimum absolute atomic E-state index is 0.269. The predicted molar refractivity (Wildman–Crippen MR) is 122 cm³/mol. The molecule has 0 unspecified atom stereocenters. The minimum atomic E-state index is -0.269. The van der Waals surface area contributed by atoms with Crippen molar-refractivity contribution in [1.82, 2.24) is 29.7 Å². The van der Waals surface area contributed by atoms with Crippen LogP contribution in [0, 0.1) is 6.92 Å². The van der Waals surface area contributed by atoms with Gasteiger partial charge in [-0.15, -0.1) is 0 Å². The van der Waals surface area contributed by atoms with E-state index in [1.807, 2.05) is 41.9 Å². The molecule has 5 rings (SSSR count). The zero-order valence-electron chi connectivity index (χ0n) is 17.0. The topological polar surface area (TPSA) is 89.1 Å². The highest BCUT2D eigenvalue weighted by Gasteiger charge is 2.22. The van der Waals surface area contributed by atoms with Crippen LogP contribution in [0.25, 0.3) is 11.3 Å². The van der Waals surface area contributed by atoms with Crippen LogP contribution in [-0.4, -0.2) is 43.4 Å². The first-order valence-corrected chi connectivity index (χ1v) is 11.1. The lowest BCUT2D eigenvalue weighted by molar-refractivity contribution is 0.102. The van der Waals surface area contributed by atoms with E-state index in [-0.39, 0.29) is 5.91 Å². The SMILES string of the molecule is Cc1ccc(-n2nc(C3CCNCC3)cc2NC(=O)c2cnn3cc(Br)cnc23)cc1. The average molecular weight is 480 g/mol. The second kappa shape index (κ2) is 8.24. The van der Waals surface area contributed by atoms with Crippen LogP contribution in [0.15, 0.2) is 53.4 Å². The van der Waals surface area contributed by atoms with Crippen molar-refractivity contribution >= 4 is 33.3 Å². The van der Waals surface area contributed by atoms with Crippen LogP contribution in [0.3, 0.4) is 0 Å². The molecule has 3 aromatic heterocycles. The highest BCUT2D eigenvalue weighted by Crippen LogP contribution is 2.28. The number of amides is 1. The number of fused-ring (bicyclic) bond motifs is 1. The molecule has 1 amide bonds. The Kier molecular flexibility index (Phi) is 5.29. The van der Waals surface area contributed by atoms with Crippen LogP contribution < -0.4 is 10.6 Å². The molecule has 1 aromatic carbocycles. The third-order valence-electron chi connectivity index (χ3n) is 5.58. The van der Waals surface area contributed by atoms with Gasteiger partial charge in [0, 0.05) is 24.4 Å². The Hall–Kier alpha value is -3.04. The summed E-state index contributed by atoms with van der Waals surface area (Å²) in [4.78, 5) is 17.5. The van der Waals surface area contributed by atoms with Gasteiger partial charge in [-0.25, -0.2) is 14.2 Å². The maximum absolute atomic E-state index is 13.1. The number of nitrogens with one attached hydrogen (secondary N) is 2. The quantitative estimate of drug-likeness (QED) is 0.465. The van der Waals surface area contributed by atoms with E-state index in [9.17, 15) is 4.79 Å². The van der Waals surface area contributed by atoms with Crippen molar-refractivity contribution in [2.24, 2.45) is 0 Å². The van der Waals surface area contributed by atoms with E-state index in [1.54, 1.807) is 16.9 Å². The van der Waals surface area contributed by atoms with Gasteiger partial charge in [0.25, 0.3) is 5.91 Å². The van der Waals surface area contributed by atoms with Gasteiger partial charge < -0.3 is 10.6 Å². The third kappa shape index (κ3) is 3.98. The van der Waals surface area contributed by atoms with Crippen molar-refractivity contribution in [1.29, 1.82) is 0 Å². The zero-order chi connectivity index (χ0) is 21.4. The Morgan fingerprint density at radius 3 is 2.74 bits per heavy atom. The molecule has 1 aliphatic rings. The molecule has 0 bridgehead atoms. The maximum atomic E-state index is 13.1. The molecular weight excluding hydrogens is 458 g/mol. The molecule has 2 N–H and O–H groups in total. The summed E-state index contributed by atoms with van der Waals surface area (Å²) < 4.78 is 4.18. The number of hydrogen-bond acceptors (Lipinski definition) is 5. The number of nitrogens with zero attached hydrogens (tertiary/aromatic N) is 5. The Morgan fingerprint density at radius 1 is 1.19 bits per heavy atom. The molecule has 158 valence electrons. The van der Waals surface area contributed by atoms with Crippen molar-refractivity contribution in [3.63, 3.8) is 0 Å². The second-order valence-electron chi connectivity index (χ2n) is 7.78. The van der Waals surface area contributed by atoms with Crippen LogP contribution in [-0.2, 0) is 0 Å². The summed E-state index contributed by atoms with van der Waals surface area (Å²) in [5.74, 6) is 0.744. The summed E-state index contributed by atoms with van der Waals surface area (Å²) in [5.41, 5.74) is 3.99. The van der Waals surface area contributed by atoms with E-state index >= 15 is 0 Å². The van der Waals surface area contributed by atoms with E-state index < -0.39 is 0 Å². The lowest BCUT2D eigenvalue weighted by atomic mass is 9.95. The summed E-state index contributed by atoms with van der Waals surface area (Å²) >= 11 is 3.37. The van der Waals surface area contributed by atoms with Crippen LogP contribution >= 0.6 is 15.9 Å². The molecule has 31 heavy (non-hydrogen) atoms.